The van der Waals surface area contributed by atoms with Gasteiger partial charge in [-0.1, -0.05) is 36.7 Å². The molecule has 0 aliphatic carbocycles. The maximum Gasteiger partial charge on any atom is 0.196 e. The van der Waals surface area contributed by atoms with E-state index in [1.165, 1.54) is 6.33 Å². The van der Waals surface area contributed by atoms with Crippen molar-refractivity contribution in [2.45, 2.75) is 19.4 Å². The van der Waals surface area contributed by atoms with E-state index in [-0.39, 0.29) is 11.9 Å². The van der Waals surface area contributed by atoms with Crippen LogP contribution in [0.15, 0.2) is 61.1 Å². The van der Waals surface area contributed by atoms with E-state index in [0.29, 0.717) is 58.4 Å². The number of rotatable bonds is 6. The zero-order chi connectivity index (χ0) is 22.8. The third-order valence-electron chi connectivity index (χ3n) is 5.75. The second kappa shape index (κ2) is 9.21. The van der Waals surface area contributed by atoms with Crippen LogP contribution in [-0.4, -0.2) is 46.5 Å². The van der Waals surface area contributed by atoms with E-state index < -0.39 is 0 Å². The highest BCUT2D eigenvalue weighted by molar-refractivity contribution is 6.35. The van der Waals surface area contributed by atoms with E-state index in [9.17, 15) is 4.79 Å². The van der Waals surface area contributed by atoms with Gasteiger partial charge in [-0.05, 0) is 30.7 Å². The van der Waals surface area contributed by atoms with Crippen LogP contribution in [-0.2, 0) is 4.74 Å². The highest BCUT2D eigenvalue weighted by Crippen LogP contribution is 2.32. The molecule has 1 fully saturated rings. The average molecular weight is 463 g/mol. The summed E-state index contributed by atoms with van der Waals surface area (Å²) in [6.45, 7) is 4.13. The summed E-state index contributed by atoms with van der Waals surface area (Å²) in [5.74, 6) is 1.78. The molecule has 1 N–H and O–H groups in total. The quantitative estimate of drug-likeness (QED) is 0.394. The number of carbonyl (C=O) groups excluding carboxylic acids is 1. The zero-order valence-electron chi connectivity index (χ0n) is 18.1. The third kappa shape index (κ3) is 4.29. The molecule has 0 radical (unpaired) electrons. The lowest BCUT2D eigenvalue weighted by Gasteiger charge is -2.33. The maximum atomic E-state index is 13.5. The number of aromatic nitrogens is 3. The lowest BCUT2D eigenvalue weighted by Crippen LogP contribution is -2.42. The predicted molar refractivity (Wildman–Crippen MR) is 128 cm³/mol. The van der Waals surface area contributed by atoms with Gasteiger partial charge in [-0.25, -0.2) is 9.97 Å². The normalized spacial score (nSPS) is 16.2. The number of morpholine rings is 1. The molecule has 0 saturated carbocycles. The van der Waals surface area contributed by atoms with Crippen LogP contribution in [0.25, 0.3) is 11.0 Å². The summed E-state index contributed by atoms with van der Waals surface area (Å²) in [5.41, 5.74) is 1.49. The van der Waals surface area contributed by atoms with Crippen LogP contribution in [0.2, 0.25) is 5.02 Å². The van der Waals surface area contributed by atoms with E-state index in [1.54, 1.807) is 24.4 Å². The number of para-hydroxylation sites is 1. The second-order valence-electron chi connectivity index (χ2n) is 7.86. The lowest BCUT2D eigenvalue weighted by atomic mass is 10.0. The Balaban J connectivity index is 1.47. The summed E-state index contributed by atoms with van der Waals surface area (Å²) in [6, 6.07) is 14.5. The Morgan fingerprint density at radius 1 is 1.18 bits per heavy atom. The number of fused-ring (bicyclic) bond motifs is 1. The van der Waals surface area contributed by atoms with Crippen molar-refractivity contribution in [2.24, 2.45) is 0 Å². The summed E-state index contributed by atoms with van der Waals surface area (Å²) >= 11 is 6.52. The van der Waals surface area contributed by atoms with Crippen LogP contribution < -0.4 is 9.64 Å². The van der Waals surface area contributed by atoms with E-state index >= 15 is 0 Å². The zero-order valence-corrected chi connectivity index (χ0v) is 18.9. The minimum atomic E-state index is -0.200. The fraction of sp³-hybridized carbons (Fsp3) is 0.240. The summed E-state index contributed by atoms with van der Waals surface area (Å²) in [4.78, 5) is 27.6. The molecule has 0 spiro atoms. The van der Waals surface area contributed by atoms with E-state index in [0.717, 1.165) is 12.2 Å². The van der Waals surface area contributed by atoms with Crippen LogP contribution in [0.1, 0.15) is 29.3 Å². The van der Waals surface area contributed by atoms with Gasteiger partial charge in [-0.15, -0.1) is 0 Å². The van der Waals surface area contributed by atoms with Gasteiger partial charge in [0.25, 0.3) is 0 Å². The smallest absolute Gasteiger partial charge is 0.196 e. The van der Waals surface area contributed by atoms with Crippen LogP contribution in [0, 0.1) is 0 Å². The Morgan fingerprint density at radius 3 is 2.82 bits per heavy atom. The molecule has 1 aliphatic rings. The number of aromatic amines is 1. The Labute approximate surface area is 196 Å². The number of H-pyrrole nitrogens is 1. The molecule has 1 atom stereocenters. The minimum Gasteiger partial charge on any atom is -0.457 e. The van der Waals surface area contributed by atoms with Gasteiger partial charge in [-0.3, -0.25) is 4.79 Å². The highest BCUT2D eigenvalue weighted by Gasteiger charge is 2.26. The molecule has 0 amide bonds. The summed E-state index contributed by atoms with van der Waals surface area (Å²) in [6.07, 6.45) is 4.24. The van der Waals surface area contributed by atoms with E-state index in [1.807, 2.05) is 30.3 Å². The van der Waals surface area contributed by atoms with Crippen molar-refractivity contribution in [2.75, 3.05) is 24.6 Å². The lowest BCUT2D eigenvalue weighted by molar-refractivity contribution is 0.0382. The Hall–Kier alpha value is -3.42. The molecular weight excluding hydrogens is 440 g/mol. The molecule has 5 rings (SSSR count). The van der Waals surface area contributed by atoms with E-state index in [2.05, 4.69) is 26.8 Å². The molecule has 1 unspecified atom stereocenters. The molecule has 2 aromatic heterocycles. The highest BCUT2D eigenvalue weighted by atomic mass is 35.5. The summed E-state index contributed by atoms with van der Waals surface area (Å²) < 4.78 is 11.6. The van der Waals surface area contributed by atoms with Crippen molar-refractivity contribution in [3.8, 4) is 11.5 Å². The molecule has 7 nitrogen and oxygen atoms in total. The largest absolute Gasteiger partial charge is 0.457 e. The molecule has 168 valence electrons. The Morgan fingerprint density at radius 2 is 2.03 bits per heavy atom. The molecule has 3 heterocycles. The first-order valence-electron chi connectivity index (χ1n) is 10.9. The van der Waals surface area contributed by atoms with Gasteiger partial charge < -0.3 is 19.4 Å². The molecule has 8 heteroatoms. The monoisotopic (exact) mass is 462 g/mol. The minimum absolute atomic E-state index is 0.133. The number of halogens is 1. The summed E-state index contributed by atoms with van der Waals surface area (Å²) in [7, 11) is 0. The number of benzene rings is 2. The SMILES string of the molecule is CCC1CN(c2ncnc3[nH]cc(C(=O)c4ccc(Oc5ccccc5)cc4Cl)c23)CCO1. The third-order valence-corrected chi connectivity index (χ3v) is 6.06. The first-order chi connectivity index (χ1) is 16.1. The molecule has 33 heavy (non-hydrogen) atoms. The van der Waals surface area contributed by atoms with Gasteiger partial charge in [0, 0.05) is 30.9 Å². The van der Waals surface area contributed by atoms with Crippen LogP contribution >= 0.6 is 11.6 Å². The fourth-order valence-corrected chi connectivity index (χ4v) is 4.29. The second-order valence-corrected chi connectivity index (χ2v) is 8.26. The number of ether oxygens (including phenoxy) is 2. The number of hydrogen-bond acceptors (Lipinski definition) is 6. The average Bonchev–Trinajstić information content (AvgIpc) is 3.29. The number of nitrogens with one attached hydrogen (secondary N) is 1. The Kier molecular flexibility index (Phi) is 5.98. The molecule has 4 aromatic rings. The predicted octanol–water partition coefficient (Wildman–Crippen LogP) is 5.25. The van der Waals surface area contributed by atoms with Crippen LogP contribution in [0.4, 0.5) is 5.82 Å². The fourth-order valence-electron chi connectivity index (χ4n) is 4.04. The number of anilines is 1. The van der Waals surface area contributed by atoms with Crippen molar-refractivity contribution in [3.63, 3.8) is 0 Å². The first kappa shape index (κ1) is 21.4. The molecule has 1 saturated heterocycles. The van der Waals surface area contributed by atoms with E-state index in [4.69, 9.17) is 21.1 Å². The number of nitrogens with zero attached hydrogens (tertiary/aromatic N) is 3. The van der Waals surface area contributed by atoms with Gasteiger partial charge >= 0.3 is 0 Å². The van der Waals surface area contributed by atoms with Gasteiger partial charge in [0.2, 0.25) is 0 Å². The van der Waals surface area contributed by atoms with Gasteiger partial charge in [0.15, 0.2) is 5.78 Å². The van der Waals surface area contributed by atoms with Crippen molar-refractivity contribution < 1.29 is 14.3 Å². The molecule has 2 aromatic carbocycles. The first-order valence-corrected chi connectivity index (χ1v) is 11.3. The number of carbonyl (C=O) groups is 1. The van der Waals surface area contributed by atoms with Crippen LogP contribution in [0.5, 0.6) is 11.5 Å². The molecule has 1 aliphatic heterocycles. The van der Waals surface area contributed by atoms with Crippen molar-refractivity contribution >= 4 is 34.2 Å². The number of ketones is 1. The van der Waals surface area contributed by atoms with Crippen molar-refractivity contribution in [1.29, 1.82) is 0 Å². The standard InChI is InChI=1S/C25H23ClN4O3/c1-2-16-14-30(10-11-32-16)25-22-20(13-27-24(22)28-15-29-25)23(31)19-9-8-18(12-21(19)26)33-17-6-4-3-5-7-17/h3-9,12-13,15-16H,2,10-11,14H2,1H3,(H,27,28,29). The topological polar surface area (TPSA) is 80.3 Å². The number of hydrogen-bond donors (Lipinski definition) is 1. The van der Waals surface area contributed by atoms with Crippen molar-refractivity contribution in [1.82, 2.24) is 15.0 Å². The van der Waals surface area contributed by atoms with Crippen molar-refractivity contribution in [3.05, 3.63) is 77.2 Å². The Bertz CT molecular complexity index is 1290. The maximum absolute atomic E-state index is 13.5. The van der Waals surface area contributed by atoms with Gasteiger partial charge in [0.1, 0.15) is 29.3 Å². The van der Waals surface area contributed by atoms with Crippen LogP contribution in [0.3, 0.4) is 0 Å². The summed E-state index contributed by atoms with van der Waals surface area (Å²) in [5, 5.41) is 1.01. The molecule has 0 bridgehead atoms. The van der Waals surface area contributed by atoms with Gasteiger partial charge in [0.05, 0.1) is 28.7 Å². The van der Waals surface area contributed by atoms with Gasteiger partial charge in [-0.2, -0.15) is 0 Å². The molecular formula is C25H23ClN4O3.